The van der Waals surface area contributed by atoms with Crippen LogP contribution in [0.1, 0.15) is 17.5 Å². The molecule has 0 aromatic heterocycles. The van der Waals surface area contributed by atoms with Crippen LogP contribution in [0.4, 0.5) is 0 Å². The fourth-order valence-electron chi connectivity index (χ4n) is 2.91. The normalized spacial score (nSPS) is 18.8. The summed E-state index contributed by atoms with van der Waals surface area (Å²) in [4.78, 5) is 35.7. The highest BCUT2D eigenvalue weighted by Gasteiger charge is 2.34. The second-order valence-corrected chi connectivity index (χ2v) is 6.52. The molecule has 0 bridgehead atoms. The summed E-state index contributed by atoms with van der Waals surface area (Å²) in [6.07, 6.45) is 0.162. The van der Waals surface area contributed by atoms with E-state index in [1.165, 1.54) is 7.11 Å². The molecule has 1 aliphatic heterocycles. The summed E-state index contributed by atoms with van der Waals surface area (Å²) in [6, 6.07) is 15.7. The third-order valence-electron chi connectivity index (χ3n) is 4.48. The lowest BCUT2D eigenvalue weighted by Crippen LogP contribution is -2.62. The van der Waals surface area contributed by atoms with Gasteiger partial charge >= 0.3 is 5.97 Å². The summed E-state index contributed by atoms with van der Waals surface area (Å²) in [5.74, 6) is -0.538. The van der Waals surface area contributed by atoms with Crippen LogP contribution in [0.5, 0.6) is 5.75 Å². The van der Waals surface area contributed by atoms with Crippen molar-refractivity contribution in [3.05, 3.63) is 65.7 Å². The Morgan fingerprint density at radius 3 is 2.21 bits per heavy atom. The Morgan fingerprint density at radius 2 is 1.54 bits per heavy atom. The van der Waals surface area contributed by atoms with Gasteiger partial charge in [0.15, 0.2) is 0 Å². The van der Waals surface area contributed by atoms with E-state index < -0.39 is 24.0 Å². The number of benzene rings is 2. The van der Waals surface area contributed by atoms with Gasteiger partial charge in [0.05, 0.1) is 13.5 Å². The predicted molar refractivity (Wildman–Crippen MR) is 101 cm³/mol. The number of carbonyl (C=O) groups is 3. The van der Waals surface area contributed by atoms with E-state index in [0.29, 0.717) is 13.0 Å². The van der Waals surface area contributed by atoms with Crippen LogP contribution in [0, 0.1) is 0 Å². The zero-order valence-electron chi connectivity index (χ0n) is 15.5. The monoisotopic (exact) mass is 382 g/mol. The highest BCUT2D eigenvalue weighted by Crippen LogP contribution is 2.16. The second kappa shape index (κ2) is 9.03. The van der Waals surface area contributed by atoms with Gasteiger partial charge in [0, 0.05) is 6.42 Å². The van der Waals surface area contributed by atoms with Crippen molar-refractivity contribution in [1.29, 1.82) is 0 Å². The van der Waals surface area contributed by atoms with Crippen molar-refractivity contribution in [2.75, 3.05) is 7.11 Å². The van der Waals surface area contributed by atoms with Gasteiger partial charge < -0.3 is 20.1 Å². The van der Waals surface area contributed by atoms with E-state index in [2.05, 4.69) is 15.4 Å². The van der Waals surface area contributed by atoms with Crippen molar-refractivity contribution in [2.24, 2.45) is 0 Å². The fourth-order valence-corrected chi connectivity index (χ4v) is 2.91. The minimum Gasteiger partial charge on any atom is -0.489 e. The first-order valence-electron chi connectivity index (χ1n) is 8.98. The zero-order valence-corrected chi connectivity index (χ0v) is 15.5. The molecule has 2 amide bonds. The van der Waals surface area contributed by atoms with Crippen LogP contribution in [-0.4, -0.2) is 37.0 Å². The van der Waals surface area contributed by atoms with Crippen LogP contribution in [0.3, 0.4) is 0 Å². The number of carbonyl (C=O) groups excluding carboxylic acids is 3. The average Bonchev–Trinajstić information content (AvgIpc) is 2.71. The number of rotatable bonds is 7. The minimum atomic E-state index is -0.898. The molecule has 1 aliphatic rings. The molecule has 0 spiro atoms. The Kier molecular flexibility index (Phi) is 6.26. The van der Waals surface area contributed by atoms with Crippen molar-refractivity contribution >= 4 is 17.8 Å². The molecule has 1 heterocycles. The number of amides is 2. The van der Waals surface area contributed by atoms with E-state index in [-0.39, 0.29) is 12.3 Å². The number of ether oxygens (including phenoxy) is 2. The average molecular weight is 382 g/mol. The number of hydrogen-bond donors (Lipinski definition) is 2. The largest absolute Gasteiger partial charge is 0.489 e. The Morgan fingerprint density at radius 1 is 0.893 bits per heavy atom. The fraction of sp³-hybridized carbons (Fsp3) is 0.286. The van der Waals surface area contributed by atoms with Crippen LogP contribution >= 0.6 is 0 Å². The van der Waals surface area contributed by atoms with Crippen molar-refractivity contribution in [2.45, 2.75) is 31.5 Å². The molecule has 7 heteroatoms. The van der Waals surface area contributed by atoms with Crippen molar-refractivity contribution in [3.8, 4) is 5.75 Å². The van der Waals surface area contributed by atoms with Crippen molar-refractivity contribution in [1.82, 2.24) is 10.6 Å². The molecule has 2 aromatic carbocycles. The van der Waals surface area contributed by atoms with E-state index in [1.807, 2.05) is 54.6 Å². The molecule has 0 aliphatic carbocycles. The van der Waals surface area contributed by atoms with E-state index in [1.54, 1.807) is 0 Å². The maximum Gasteiger partial charge on any atom is 0.308 e. The molecule has 146 valence electrons. The third-order valence-corrected chi connectivity index (χ3v) is 4.48. The summed E-state index contributed by atoms with van der Waals surface area (Å²) in [5, 5.41) is 5.24. The molecule has 0 radical (unpaired) electrons. The first kappa shape index (κ1) is 19.4. The molecular formula is C21H22N2O5. The summed E-state index contributed by atoms with van der Waals surface area (Å²) in [7, 11) is 1.24. The number of methoxy groups -OCH3 is 1. The van der Waals surface area contributed by atoms with Gasteiger partial charge in [-0.15, -0.1) is 0 Å². The molecule has 2 atom stereocenters. The molecule has 0 saturated carbocycles. The van der Waals surface area contributed by atoms with Gasteiger partial charge in [-0.3, -0.25) is 14.4 Å². The van der Waals surface area contributed by atoms with Crippen LogP contribution < -0.4 is 15.4 Å². The van der Waals surface area contributed by atoms with Crippen LogP contribution in [0.25, 0.3) is 0 Å². The summed E-state index contributed by atoms with van der Waals surface area (Å²) in [6.45, 7) is 0.475. The van der Waals surface area contributed by atoms with E-state index in [0.717, 1.165) is 16.9 Å². The highest BCUT2D eigenvalue weighted by molar-refractivity contribution is 5.98. The lowest BCUT2D eigenvalue weighted by molar-refractivity contribution is -0.145. The van der Waals surface area contributed by atoms with Gasteiger partial charge in [-0.25, -0.2) is 0 Å². The summed E-state index contributed by atoms with van der Waals surface area (Å²) in [5.41, 5.74) is 1.97. The van der Waals surface area contributed by atoms with Gasteiger partial charge in [-0.05, 0) is 23.3 Å². The molecule has 7 nitrogen and oxygen atoms in total. The van der Waals surface area contributed by atoms with Crippen LogP contribution in [-0.2, 0) is 32.1 Å². The van der Waals surface area contributed by atoms with Gasteiger partial charge in [-0.2, -0.15) is 0 Å². The topological polar surface area (TPSA) is 93.7 Å². The highest BCUT2D eigenvalue weighted by atomic mass is 16.5. The van der Waals surface area contributed by atoms with E-state index in [9.17, 15) is 14.4 Å². The first-order chi connectivity index (χ1) is 13.5. The maximum absolute atomic E-state index is 12.2. The predicted octanol–water partition coefficient (Wildman–Crippen LogP) is 1.35. The SMILES string of the molecule is COC(=O)C[C@@H]1NC(=O)[C@H](Cc2ccc(OCc3ccccc3)cc2)NC1=O. The molecule has 1 saturated heterocycles. The van der Waals surface area contributed by atoms with Gasteiger partial charge in [0.1, 0.15) is 24.4 Å². The second-order valence-electron chi connectivity index (χ2n) is 6.52. The Bertz CT molecular complexity index is 836. The molecule has 1 fully saturated rings. The first-order valence-corrected chi connectivity index (χ1v) is 8.98. The molecule has 2 aromatic rings. The maximum atomic E-state index is 12.2. The smallest absolute Gasteiger partial charge is 0.308 e. The van der Waals surface area contributed by atoms with Crippen molar-refractivity contribution in [3.63, 3.8) is 0 Å². The Labute approximate surface area is 163 Å². The summed E-state index contributed by atoms with van der Waals surface area (Å²) >= 11 is 0. The van der Waals surface area contributed by atoms with Gasteiger partial charge in [0.25, 0.3) is 0 Å². The van der Waals surface area contributed by atoms with Crippen LogP contribution in [0.2, 0.25) is 0 Å². The molecular weight excluding hydrogens is 360 g/mol. The van der Waals surface area contributed by atoms with Gasteiger partial charge in [0.2, 0.25) is 11.8 Å². The third kappa shape index (κ3) is 5.09. The van der Waals surface area contributed by atoms with Crippen LogP contribution in [0.15, 0.2) is 54.6 Å². The zero-order chi connectivity index (χ0) is 19.9. The number of esters is 1. The molecule has 28 heavy (non-hydrogen) atoms. The number of hydrogen-bond acceptors (Lipinski definition) is 5. The van der Waals surface area contributed by atoms with E-state index >= 15 is 0 Å². The lowest BCUT2D eigenvalue weighted by Gasteiger charge is -2.29. The number of nitrogens with one attached hydrogen (secondary N) is 2. The molecule has 3 rings (SSSR count). The minimum absolute atomic E-state index is 0.186. The molecule has 0 unspecified atom stereocenters. The number of piperazine rings is 1. The quantitative estimate of drug-likeness (QED) is 0.705. The Balaban J connectivity index is 1.53. The lowest BCUT2D eigenvalue weighted by atomic mass is 10.0. The molecule has 2 N–H and O–H groups in total. The summed E-state index contributed by atoms with van der Waals surface area (Å²) < 4.78 is 10.3. The van der Waals surface area contributed by atoms with Crippen molar-refractivity contribution < 1.29 is 23.9 Å². The van der Waals surface area contributed by atoms with E-state index in [4.69, 9.17) is 4.74 Å². The standard InChI is InChI=1S/C21H22N2O5/c1-27-19(24)12-18-21(26)22-17(20(25)23-18)11-14-7-9-16(10-8-14)28-13-15-5-3-2-4-6-15/h2-10,17-18H,11-13H2,1H3,(H,22,26)(H,23,25)/t17-,18-/m0/s1. The Hall–Kier alpha value is -3.35. The van der Waals surface area contributed by atoms with Gasteiger partial charge in [-0.1, -0.05) is 42.5 Å².